The molecule has 0 saturated carbocycles. The first-order valence-electron chi connectivity index (χ1n) is 8.67. The Bertz CT molecular complexity index is 939. The summed E-state index contributed by atoms with van der Waals surface area (Å²) in [5.74, 6) is 3.80. The summed E-state index contributed by atoms with van der Waals surface area (Å²) in [6, 6.07) is 16.5. The Balaban J connectivity index is 1.52. The Hall–Kier alpha value is -2.55. The van der Waals surface area contributed by atoms with Crippen LogP contribution >= 0.6 is 23.6 Å². The lowest BCUT2D eigenvalue weighted by atomic mass is 10.1. The number of hydrogen-bond donors (Lipinski definition) is 1. The van der Waals surface area contributed by atoms with Gasteiger partial charge in [-0.15, -0.1) is 17.8 Å². The normalized spacial score (nSPS) is 10.4. The van der Waals surface area contributed by atoms with Crippen molar-refractivity contribution in [2.45, 2.75) is 19.4 Å². The van der Waals surface area contributed by atoms with Gasteiger partial charge in [0.1, 0.15) is 6.61 Å². The molecule has 5 heteroatoms. The summed E-state index contributed by atoms with van der Waals surface area (Å²) in [6.07, 6.45) is 6.86. The van der Waals surface area contributed by atoms with Gasteiger partial charge in [-0.1, -0.05) is 42.4 Å². The van der Waals surface area contributed by atoms with E-state index < -0.39 is 0 Å². The van der Waals surface area contributed by atoms with E-state index in [0.29, 0.717) is 11.5 Å². The predicted molar refractivity (Wildman–Crippen MR) is 117 cm³/mol. The molecule has 0 radical (unpaired) electrons. The highest BCUT2D eigenvalue weighted by Crippen LogP contribution is 2.28. The minimum atomic E-state index is 0.224. The number of hydrogen-bond acceptors (Lipinski definition) is 4. The summed E-state index contributed by atoms with van der Waals surface area (Å²) >= 11 is 7.29. The molecule has 0 saturated heterocycles. The fourth-order valence-corrected chi connectivity index (χ4v) is 3.94. The minimum absolute atomic E-state index is 0.224. The fourth-order valence-electron chi connectivity index (χ4n) is 2.76. The van der Waals surface area contributed by atoms with E-state index in [4.69, 9.17) is 28.1 Å². The van der Waals surface area contributed by atoms with Gasteiger partial charge >= 0.3 is 0 Å². The maximum atomic E-state index is 5.49. The van der Waals surface area contributed by atoms with Crippen LogP contribution in [0.4, 0.5) is 0 Å². The van der Waals surface area contributed by atoms with Gasteiger partial charge in [0.25, 0.3) is 0 Å². The van der Waals surface area contributed by atoms with Gasteiger partial charge in [0, 0.05) is 22.5 Å². The minimum Gasteiger partial charge on any atom is -0.493 e. The van der Waals surface area contributed by atoms with E-state index >= 15 is 0 Å². The van der Waals surface area contributed by atoms with Crippen molar-refractivity contribution >= 4 is 38.6 Å². The third-order valence-corrected chi connectivity index (χ3v) is 5.58. The molecule has 0 atom stereocenters. The van der Waals surface area contributed by atoms with Crippen molar-refractivity contribution in [3.8, 4) is 23.8 Å². The molecule has 1 N–H and O–H groups in total. The third kappa shape index (κ3) is 5.22. The van der Waals surface area contributed by atoms with Crippen LogP contribution in [0, 0.1) is 12.3 Å². The number of terminal acetylenes is 1. The quantitative estimate of drug-likeness (QED) is 0.431. The van der Waals surface area contributed by atoms with Crippen LogP contribution in [-0.2, 0) is 13.0 Å². The van der Waals surface area contributed by atoms with Crippen LogP contribution in [0.15, 0.2) is 48.5 Å². The average Bonchev–Trinajstić information content (AvgIpc) is 3.12. The number of aryl methyl sites for hydroxylation is 1. The third-order valence-electron chi connectivity index (χ3n) is 4.12. The molecule has 0 spiro atoms. The van der Waals surface area contributed by atoms with Gasteiger partial charge in [0.15, 0.2) is 11.5 Å². The highest BCUT2D eigenvalue weighted by molar-refractivity contribution is 7.80. The molecule has 0 fully saturated rings. The molecule has 0 unspecified atom stereocenters. The number of ether oxygens (including phenoxy) is 2. The number of methoxy groups -OCH3 is 1. The lowest BCUT2D eigenvalue weighted by Gasteiger charge is -2.11. The lowest BCUT2D eigenvalue weighted by molar-refractivity contribution is 0.330. The maximum absolute atomic E-state index is 5.49. The molecule has 0 bridgehead atoms. The number of rotatable bonds is 8. The van der Waals surface area contributed by atoms with E-state index in [2.05, 4.69) is 41.6 Å². The van der Waals surface area contributed by atoms with Gasteiger partial charge in [0.05, 0.1) is 12.1 Å². The van der Waals surface area contributed by atoms with Crippen molar-refractivity contribution in [3.63, 3.8) is 0 Å². The van der Waals surface area contributed by atoms with Gasteiger partial charge in [0.2, 0.25) is 0 Å². The first kappa shape index (κ1) is 19.2. The zero-order valence-corrected chi connectivity index (χ0v) is 16.8. The average molecular weight is 396 g/mol. The van der Waals surface area contributed by atoms with Crippen LogP contribution in [-0.4, -0.2) is 18.7 Å². The summed E-state index contributed by atoms with van der Waals surface area (Å²) in [4.78, 5) is 2.15. The first-order chi connectivity index (χ1) is 13.2. The van der Waals surface area contributed by atoms with Gasteiger partial charge in [-0.25, -0.2) is 0 Å². The Labute approximate surface area is 169 Å². The molecule has 3 nitrogen and oxygen atoms in total. The zero-order chi connectivity index (χ0) is 19.1. The van der Waals surface area contributed by atoms with E-state index in [1.807, 2.05) is 18.2 Å². The van der Waals surface area contributed by atoms with Crippen molar-refractivity contribution in [1.29, 1.82) is 0 Å². The van der Waals surface area contributed by atoms with E-state index in [1.54, 1.807) is 18.4 Å². The second kappa shape index (κ2) is 9.40. The van der Waals surface area contributed by atoms with Gasteiger partial charge in [-0.2, -0.15) is 0 Å². The van der Waals surface area contributed by atoms with Gasteiger partial charge < -0.3 is 14.8 Å². The molecule has 138 valence electrons. The second-order valence-electron chi connectivity index (χ2n) is 6.01. The van der Waals surface area contributed by atoms with Gasteiger partial charge in [-0.05, 0) is 41.6 Å². The second-order valence-corrected chi connectivity index (χ2v) is 7.67. The Morgan fingerprint density at radius 3 is 2.81 bits per heavy atom. The van der Waals surface area contributed by atoms with Gasteiger partial charge in [-0.3, -0.25) is 0 Å². The molecular formula is C22H21NO2S2. The summed E-state index contributed by atoms with van der Waals surface area (Å²) in [5, 5.41) is 4.64. The van der Waals surface area contributed by atoms with Crippen molar-refractivity contribution in [1.82, 2.24) is 5.32 Å². The first-order valence-corrected chi connectivity index (χ1v) is 9.89. The number of benzene rings is 2. The summed E-state index contributed by atoms with van der Waals surface area (Å²) in [5.41, 5.74) is 1.14. The maximum Gasteiger partial charge on any atom is 0.162 e. The molecule has 1 aromatic heterocycles. The fraction of sp³-hybridized carbons (Fsp3) is 0.227. The Morgan fingerprint density at radius 1 is 1.19 bits per heavy atom. The Kier molecular flexibility index (Phi) is 6.69. The van der Waals surface area contributed by atoms with Crippen LogP contribution in [0.5, 0.6) is 11.5 Å². The van der Waals surface area contributed by atoms with Crippen molar-refractivity contribution in [3.05, 3.63) is 59.0 Å². The number of nitrogens with one attached hydrogen (secondary N) is 1. The number of fused-ring (bicyclic) bond motifs is 1. The monoisotopic (exact) mass is 395 g/mol. The molecular weight excluding hydrogens is 374 g/mol. The molecule has 1 heterocycles. The number of thiocarbonyl (C=S) groups is 1. The van der Waals surface area contributed by atoms with E-state index in [1.165, 1.54) is 15.0 Å². The molecule has 0 amide bonds. The van der Waals surface area contributed by atoms with Crippen molar-refractivity contribution in [2.24, 2.45) is 0 Å². The highest BCUT2D eigenvalue weighted by Gasteiger charge is 2.07. The van der Waals surface area contributed by atoms with Crippen LogP contribution in [0.3, 0.4) is 0 Å². The summed E-state index contributed by atoms with van der Waals surface area (Å²) < 4.78 is 12.2. The van der Waals surface area contributed by atoms with Crippen LogP contribution in [0.25, 0.3) is 10.1 Å². The number of thiophene rings is 1. The largest absolute Gasteiger partial charge is 0.493 e. The molecule has 27 heavy (non-hydrogen) atoms. The van der Waals surface area contributed by atoms with E-state index in [9.17, 15) is 0 Å². The van der Waals surface area contributed by atoms with E-state index in [0.717, 1.165) is 29.9 Å². The summed E-state index contributed by atoms with van der Waals surface area (Å²) in [7, 11) is 1.62. The highest BCUT2D eigenvalue weighted by atomic mass is 32.1. The van der Waals surface area contributed by atoms with Crippen LogP contribution < -0.4 is 14.8 Å². The summed E-state index contributed by atoms with van der Waals surface area (Å²) in [6.45, 7) is 0.988. The standard InChI is InChI=1S/C22H21NO2S2/c1-3-12-25-19-10-8-16(13-20(19)24-2)9-11-22(26)23-15-18-14-17-6-4-5-7-21(17)27-18/h1,4-8,10,13-14H,9,11-12,15H2,2H3,(H,23,26). The lowest BCUT2D eigenvalue weighted by Crippen LogP contribution is -2.20. The van der Waals surface area contributed by atoms with Crippen molar-refractivity contribution in [2.75, 3.05) is 13.7 Å². The smallest absolute Gasteiger partial charge is 0.162 e. The molecule has 0 aliphatic rings. The SMILES string of the molecule is C#CCOc1ccc(CCC(=S)NCc2cc3ccccc3s2)cc1OC. The van der Waals surface area contributed by atoms with Crippen LogP contribution in [0.1, 0.15) is 16.9 Å². The Morgan fingerprint density at radius 2 is 2.04 bits per heavy atom. The molecule has 0 aliphatic heterocycles. The van der Waals surface area contributed by atoms with Crippen molar-refractivity contribution < 1.29 is 9.47 Å². The molecule has 2 aromatic carbocycles. The molecule has 0 aliphatic carbocycles. The van der Waals surface area contributed by atoms with E-state index in [-0.39, 0.29) is 6.61 Å². The molecule has 3 rings (SSSR count). The van der Waals surface area contributed by atoms with Crippen LogP contribution in [0.2, 0.25) is 0 Å². The molecule has 3 aromatic rings. The zero-order valence-electron chi connectivity index (χ0n) is 15.2. The topological polar surface area (TPSA) is 30.5 Å². The predicted octanol–water partition coefficient (Wildman–Crippen LogP) is 4.97.